The van der Waals surface area contributed by atoms with Crippen LogP contribution in [0.4, 0.5) is 4.79 Å². The molecule has 0 bridgehead atoms. The predicted molar refractivity (Wildman–Crippen MR) is 104 cm³/mol. The number of rotatable bonds is 2. The molecule has 0 N–H and O–H groups in total. The Bertz CT molecular complexity index is 717. The number of likely N-dealkylation sites (tertiary alicyclic amines) is 1. The predicted octanol–water partition coefficient (Wildman–Crippen LogP) is 5.20. The molecule has 3 rings (SSSR count). The topological polar surface area (TPSA) is 38.8 Å². The minimum absolute atomic E-state index is 0.177. The van der Waals surface area contributed by atoms with Gasteiger partial charge in [-0.05, 0) is 76.0 Å². The molecular weight excluding hydrogens is 326 g/mol. The maximum Gasteiger partial charge on any atom is 0.410 e. The Hall–Kier alpha value is -1.97. The van der Waals surface area contributed by atoms with E-state index in [1.54, 1.807) is 7.11 Å². The fourth-order valence-electron chi connectivity index (χ4n) is 4.04. The van der Waals surface area contributed by atoms with Crippen LogP contribution in [0, 0.1) is 12.3 Å². The molecule has 0 radical (unpaired) electrons. The third-order valence-corrected chi connectivity index (χ3v) is 5.50. The van der Waals surface area contributed by atoms with Crippen LogP contribution in [0.2, 0.25) is 0 Å². The first kappa shape index (κ1) is 18.8. The molecule has 26 heavy (non-hydrogen) atoms. The molecule has 1 atom stereocenters. The van der Waals surface area contributed by atoms with E-state index < -0.39 is 5.60 Å². The Morgan fingerprint density at radius 1 is 1.23 bits per heavy atom. The molecule has 2 aliphatic rings. The van der Waals surface area contributed by atoms with Crippen molar-refractivity contribution in [2.24, 2.45) is 5.41 Å². The van der Waals surface area contributed by atoms with Gasteiger partial charge in [-0.15, -0.1) is 0 Å². The van der Waals surface area contributed by atoms with Gasteiger partial charge in [-0.3, -0.25) is 0 Å². The maximum atomic E-state index is 12.4. The van der Waals surface area contributed by atoms with Crippen LogP contribution in [-0.4, -0.2) is 36.8 Å². The van der Waals surface area contributed by atoms with Crippen LogP contribution in [0.3, 0.4) is 0 Å². The zero-order chi connectivity index (χ0) is 18.9. The van der Waals surface area contributed by atoms with Crippen LogP contribution in [0.1, 0.15) is 57.6 Å². The van der Waals surface area contributed by atoms with Crippen molar-refractivity contribution in [1.29, 1.82) is 0 Å². The van der Waals surface area contributed by atoms with Crippen LogP contribution in [0.5, 0.6) is 5.75 Å². The molecule has 0 saturated carbocycles. The van der Waals surface area contributed by atoms with Gasteiger partial charge in [-0.1, -0.05) is 18.2 Å². The van der Waals surface area contributed by atoms with Gasteiger partial charge in [0.05, 0.1) is 7.11 Å². The van der Waals surface area contributed by atoms with Gasteiger partial charge >= 0.3 is 6.09 Å². The largest absolute Gasteiger partial charge is 0.496 e. The second-order valence-corrected chi connectivity index (χ2v) is 8.79. The number of aryl methyl sites for hydroxylation is 1. The fourth-order valence-corrected chi connectivity index (χ4v) is 4.04. The number of carbonyl (C=O) groups is 1. The lowest BCUT2D eigenvalue weighted by atomic mass is 9.73. The number of methoxy groups -OCH3 is 1. The van der Waals surface area contributed by atoms with Crippen molar-refractivity contribution in [2.45, 2.75) is 59.0 Å². The summed E-state index contributed by atoms with van der Waals surface area (Å²) < 4.78 is 11.1. The number of carbonyl (C=O) groups excluding carboxylic acids is 1. The van der Waals surface area contributed by atoms with Gasteiger partial charge in [0.1, 0.15) is 11.4 Å². The van der Waals surface area contributed by atoms with Crippen molar-refractivity contribution < 1.29 is 14.3 Å². The number of nitrogens with zero attached hydrogens (tertiary/aromatic N) is 1. The van der Waals surface area contributed by atoms with Crippen LogP contribution < -0.4 is 4.74 Å². The Morgan fingerprint density at radius 3 is 2.62 bits per heavy atom. The number of allylic oxidation sites excluding steroid dienone is 2. The molecule has 0 aromatic heterocycles. The number of amides is 1. The molecule has 1 spiro atoms. The van der Waals surface area contributed by atoms with Gasteiger partial charge < -0.3 is 14.4 Å². The van der Waals surface area contributed by atoms with E-state index in [-0.39, 0.29) is 11.5 Å². The van der Waals surface area contributed by atoms with Gasteiger partial charge in [0.15, 0.2) is 0 Å². The quantitative estimate of drug-likeness (QED) is 0.730. The van der Waals surface area contributed by atoms with Gasteiger partial charge in [0.25, 0.3) is 0 Å². The second-order valence-electron chi connectivity index (χ2n) is 8.79. The van der Waals surface area contributed by atoms with E-state index >= 15 is 0 Å². The number of ether oxygens (including phenoxy) is 2. The normalized spacial score (nSPS) is 23.1. The maximum absolute atomic E-state index is 12.4. The molecule has 1 aromatic rings. The van der Waals surface area contributed by atoms with Crippen molar-refractivity contribution in [3.8, 4) is 5.75 Å². The summed E-state index contributed by atoms with van der Waals surface area (Å²) in [6.07, 6.45) is 6.38. The van der Waals surface area contributed by atoms with E-state index in [1.807, 2.05) is 25.7 Å². The highest BCUT2D eigenvalue weighted by atomic mass is 16.6. The van der Waals surface area contributed by atoms with E-state index in [1.165, 1.54) is 16.7 Å². The standard InChI is InChI=1S/C22H31NO3/c1-16-6-7-18(19(14-16)25-5)17-8-10-22(11-9-17)12-13-23(15-22)20(24)26-21(2,3)4/h6-8,14H,9-13,15H2,1-5H3. The first-order valence-electron chi connectivity index (χ1n) is 9.53. The van der Waals surface area contributed by atoms with E-state index in [2.05, 4.69) is 31.2 Å². The monoisotopic (exact) mass is 357 g/mol. The number of benzene rings is 1. The summed E-state index contributed by atoms with van der Waals surface area (Å²) in [6, 6.07) is 6.41. The molecule has 4 nitrogen and oxygen atoms in total. The van der Waals surface area contributed by atoms with Gasteiger partial charge in [0, 0.05) is 18.7 Å². The van der Waals surface area contributed by atoms with Crippen LogP contribution in [0.25, 0.3) is 5.57 Å². The molecule has 1 saturated heterocycles. The Kier molecular flexibility index (Phi) is 5.05. The fraction of sp³-hybridized carbons (Fsp3) is 0.591. The summed E-state index contributed by atoms with van der Waals surface area (Å²) in [7, 11) is 1.73. The highest BCUT2D eigenvalue weighted by Gasteiger charge is 2.41. The molecule has 1 amide bonds. The summed E-state index contributed by atoms with van der Waals surface area (Å²) in [4.78, 5) is 14.2. The van der Waals surface area contributed by atoms with Crippen LogP contribution in [0.15, 0.2) is 24.3 Å². The number of hydrogen-bond acceptors (Lipinski definition) is 3. The minimum Gasteiger partial charge on any atom is -0.496 e. The van der Waals surface area contributed by atoms with Gasteiger partial charge in [0.2, 0.25) is 0 Å². The van der Waals surface area contributed by atoms with Crippen molar-refractivity contribution in [2.75, 3.05) is 20.2 Å². The summed E-state index contributed by atoms with van der Waals surface area (Å²) in [5.74, 6) is 0.953. The molecule has 1 aromatic carbocycles. The van der Waals surface area contributed by atoms with Gasteiger partial charge in [-0.2, -0.15) is 0 Å². The Labute approximate surface area is 157 Å². The first-order valence-corrected chi connectivity index (χ1v) is 9.53. The number of hydrogen-bond donors (Lipinski definition) is 0. The molecule has 1 unspecified atom stereocenters. The summed E-state index contributed by atoms with van der Waals surface area (Å²) >= 11 is 0. The smallest absolute Gasteiger partial charge is 0.410 e. The summed E-state index contributed by atoms with van der Waals surface area (Å²) in [5.41, 5.74) is 3.55. The molecule has 142 valence electrons. The molecule has 4 heteroatoms. The average molecular weight is 357 g/mol. The molecule has 1 aliphatic carbocycles. The highest BCUT2D eigenvalue weighted by Crippen LogP contribution is 2.46. The molecule has 1 aliphatic heterocycles. The van der Waals surface area contributed by atoms with Crippen molar-refractivity contribution in [3.05, 3.63) is 35.4 Å². The van der Waals surface area contributed by atoms with Crippen LogP contribution >= 0.6 is 0 Å². The summed E-state index contributed by atoms with van der Waals surface area (Å²) in [5, 5.41) is 0. The molecule has 1 fully saturated rings. The zero-order valence-electron chi connectivity index (χ0n) is 16.7. The lowest BCUT2D eigenvalue weighted by Crippen LogP contribution is -2.37. The zero-order valence-corrected chi connectivity index (χ0v) is 16.7. The van der Waals surface area contributed by atoms with Crippen LogP contribution in [-0.2, 0) is 4.74 Å². The SMILES string of the molecule is COc1cc(C)ccc1C1=CCC2(CC1)CCN(C(=O)OC(C)(C)C)C2. The van der Waals surface area contributed by atoms with Crippen molar-refractivity contribution in [1.82, 2.24) is 4.90 Å². The second kappa shape index (κ2) is 6.98. The van der Waals surface area contributed by atoms with E-state index in [0.29, 0.717) is 0 Å². The highest BCUT2D eigenvalue weighted by molar-refractivity contribution is 5.72. The van der Waals surface area contributed by atoms with Gasteiger partial charge in [-0.25, -0.2) is 4.79 Å². The van der Waals surface area contributed by atoms with E-state index in [0.717, 1.165) is 44.5 Å². The lowest BCUT2D eigenvalue weighted by Gasteiger charge is -2.33. The molecular formula is C22H31NO3. The van der Waals surface area contributed by atoms with Crippen molar-refractivity contribution >= 4 is 11.7 Å². The summed E-state index contributed by atoms with van der Waals surface area (Å²) in [6.45, 7) is 9.44. The van der Waals surface area contributed by atoms with E-state index in [9.17, 15) is 4.79 Å². The first-order chi connectivity index (χ1) is 12.2. The Balaban J connectivity index is 1.69. The average Bonchev–Trinajstić information content (AvgIpc) is 2.98. The third kappa shape index (κ3) is 4.05. The van der Waals surface area contributed by atoms with E-state index in [4.69, 9.17) is 9.47 Å². The Morgan fingerprint density at radius 2 is 2.00 bits per heavy atom. The molecule has 1 heterocycles. The lowest BCUT2D eigenvalue weighted by molar-refractivity contribution is 0.0270. The minimum atomic E-state index is -0.436. The van der Waals surface area contributed by atoms with Crippen molar-refractivity contribution in [3.63, 3.8) is 0 Å². The third-order valence-electron chi connectivity index (χ3n) is 5.50.